The van der Waals surface area contributed by atoms with Crippen molar-refractivity contribution in [3.05, 3.63) is 23.6 Å². The van der Waals surface area contributed by atoms with E-state index in [1.165, 1.54) is 0 Å². The molecule has 0 aromatic carbocycles. The van der Waals surface area contributed by atoms with Gasteiger partial charge in [0.15, 0.2) is 0 Å². The third-order valence-corrected chi connectivity index (χ3v) is 13.4. The summed E-state index contributed by atoms with van der Waals surface area (Å²) in [4.78, 5) is 0. The predicted octanol–water partition coefficient (Wildman–Crippen LogP) is 4.57. The fraction of sp³-hybridized carbons (Fsp3) is 0.765. The van der Waals surface area contributed by atoms with Crippen LogP contribution in [0.5, 0.6) is 0 Å². The maximum atomic E-state index is 6.28. The summed E-state index contributed by atoms with van der Waals surface area (Å²) >= 11 is 0. The van der Waals surface area contributed by atoms with Gasteiger partial charge in [0.2, 0.25) is 0 Å². The lowest BCUT2D eigenvalue weighted by Crippen LogP contribution is -2.59. The van der Waals surface area contributed by atoms with Crippen molar-refractivity contribution in [2.75, 3.05) is 26.4 Å². The van der Waals surface area contributed by atoms with Crippen molar-refractivity contribution in [2.45, 2.75) is 60.1 Å². The molecule has 23 heavy (non-hydrogen) atoms. The third kappa shape index (κ3) is 5.96. The van der Waals surface area contributed by atoms with E-state index in [0.29, 0.717) is 26.4 Å². The Kier molecular flexibility index (Phi) is 12.0. The predicted molar refractivity (Wildman–Crippen MR) is 102 cm³/mol. The first-order valence-corrected chi connectivity index (χ1v) is 12.8. The Morgan fingerprint density at radius 1 is 0.652 bits per heavy atom. The lowest BCUT2D eigenvalue weighted by atomic mass is 10.6. The van der Waals surface area contributed by atoms with E-state index in [9.17, 15) is 0 Å². The zero-order valence-electron chi connectivity index (χ0n) is 16.1. The summed E-state index contributed by atoms with van der Waals surface area (Å²) in [6.07, 6.45) is 5.01. The largest absolute Gasteiger partial charge is 0.391 e. The molecule has 0 unspecified atom stereocenters. The van der Waals surface area contributed by atoms with Crippen molar-refractivity contribution in [1.82, 2.24) is 0 Å². The second-order valence-corrected chi connectivity index (χ2v) is 11.8. The van der Waals surface area contributed by atoms with Gasteiger partial charge in [0.1, 0.15) is 0 Å². The first-order valence-electron chi connectivity index (χ1n) is 8.89. The van der Waals surface area contributed by atoms with Gasteiger partial charge in [0, 0.05) is 26.4 Å². The van der Waals surface area contributed by atoms with E-state index in [-0.39, 0.29) is 5.16 Å². The summed E-state index contributed by atoms with van der Waals surface area (Å²) in [6, 6.07) is 0. The molecule has 0 heterocycles. The summed E-state index contributed by atoms with van der Waals surface area (Å²) in [5.41, 5.74) is 4.30. The molecule has 0 radical (unpaired) electrons. The smallest absolute Gasteiger partial charge is 0.370 e. The highest BCUT2D eigenvalue weighted by Gasteiger charge is 2.57. The molecule has 0 aromatic heterocycles. The number of allylic oxidation sites excluding steroid dienone is 2. The molecule has 0 aliphatic carbocycles. The van der Waals surface area contributed by atoms with Crippen molar-refractivity contribution in [2.24, 2.45) is 0 Å². The van der Waals surface area contributed by atoms with Crippen molar-refractivity contribution < 1.29 is 17.7 Å². The number of hydrogen-bond acceptors (Lipinski definition) is 4. The van der Waals surface area contributed by atoms with E-state index in [1.807, 2.05) is 53.7 Å². The van der Waals surface area contributed by atoms with Gasteiger partial charge in [-0.25, -0.2) is 0 Å². The van der Waals surface area contributed by atoms with Crippen molar-refractivity contribution in [3.8, 4) is 0 Å². The summed E-state index contributed by atoms with van der Waals surface area (Å²) in [5.74, 6) is 0. The Bertz CT molecular complexity index is 315. The van der Waals surface area contributed by atoms with Crippen LogP contribution in [-0.2, 0) is 17.7 Å². The first kappa shape index (κ1) is 22.8. The Balaban J connectivity index is 6.13. The highest BCUT2D eigenvalue weighted by molar-refractivity contribution is 6.93. The summed E-state index contributed by atoms with van der Waals surface area (Å²) < 4.78 is 25.1. The monoisotopic (exact) mass is 360 g/mol. The Morgan fingerprint density at radius 2 is 0.957 bits per heavy atom. The van der Waals surface area contributed by atoms with E-state index in [4.69, 9.17) is 17.7 Å². The molecule has 0 spiro atoms. The van der Waals surface area contributed by atoms with E-state index >= 15 is 0 Å². The van der Waals surface area contributed by atoms with Crippen LogP contribution in [-0.4, -0.2) is 43.5 Å². The van der Waals surface area contributed by atoms with Gasteiger partial charge in [-0.1, -0.05) is 19.1 Å². The van der Waals surface area contributed by atoms with Gasteiger partial charge < -0.3 is 17.7 Å². The summed E-state index contributed by atoms with van der Waals surface area (Å²) in [5, 5.41) is 0.141. The van der Waals surface area contributed by atoms with Crippen LogP contribution in [0, 0.1) is 0 Å². The topological polar surface area (TPSA) is 36.9 Å². The fourth-order valence-electron chi connectivity index (χ4n) is 3.13. The SMILES string of the molecule is CC=C[Si](OCC)(OCC)C(CC)[Si](C=CC)(OCC)OCC. The summed E-state index contributed by atoms with van der Waals surface area (Å²) in [6.45, 7) is 16.8. The molecule has 0 fully saturated rings. The lowest BCUT2D eigenvalue weighted by Gasteiger charge is -2.42. The second kappa shape index (κ2) is 12.2. The van der Waals surface area contributed by atoms with Crippen molar-refractivity contribution in [3.63, 3.8) is 0 Å². The van der Waals surface area contributed by atoms with Crippen LogP contribution in [0.1, 0.15) is 54.9 Å². The molecule has 0 bridgehead atoms. The standard InChI is InChI=1S/C17H36O4Si2/c1-8-15-22(18-11-4,19-12-5)17(10-3)23(16-9-2,20-13-6)21-14-7/h8-9,15-17H,10-14H2,1-7H3. The zero-order valence-corrected chi connectivity index (χ0v) is 18.1. The molecule has 4 nitrogen and oxygen atoms in total. The Labute approximate surface area is 145 Å². The third-order valence-electron chi connectivity index (χ3n) is 3.66. The van der Waals surface area contributed by atoms with E-state index in [2.05, 4.69) is 18.3 Å². The molecule has 0 aromatic rings. The van der Waals surface area contributed by atoms with Gasteiger partial charge in [-0.05, 0) is 59.4 Å². The Morgan fingerprint density at radius 3 is 1.13 bits per heavy atom. The highest BCUT2D eigenvalue weighted by Crippen LogP contribution is 2.39. The molecule has 0 rings (SSSR count). The molecule has 0 saturated heterocycles. The van der Waals surface area contributed by atoms with Crippen molar-refractivity contribution >= 4 is 17.1 Å². The van der Waals surface area contributed by atoms with E-state index in [0.717, 1.165) is 6.42 Å². The maximum absolute atomic E-state index is 6.28. The van der Waals surface area contributed by atoms with Crippen LogP contribution in [0.15, 0.2) is 23.6 Å². The van der Waals surface area contributed by atoms with Gasteiger partial charge in [-0.3, -0.25) is 0 Å². The molecule has 0 aliphatic rings. The fourth-order valence-corrected chi connectivity index (χ4v) is 12.6. The molecule has 0 saturated carbocycles. The average Bonchev–Trinajstić information content (AvgIpc) is 2.49. The average molecular weight is 361 g/mol. The van der Waals surface area contributed by atoms with Gasteiger partial charge in [0.25, 0.3) is 0 Å². The second-order valence-electron chi connectivity index (χ2n) is 5.14. The van der Waals surface area contributed by atoms with Crippen LogP contribution >= 0.6 is 0 Å². The van der Waals surface area contributed by atoms with E-state index in [1.54, 1.807) is 0 Å². The molecule has 0 atom stereocenters. The summed E-state index contributed by atoms with van der Waals surface area (Å²) in [7, 11) is -5.18. The molecule has 0 N–H and O–H groups in total. The number of rotatable bonds is 13. The normalized spacial score (nSPS) is 14.9. The molecule has 6 heteroatoms. The minimum absolute atomic E-state index is 0.141. The molecular formula is C17H36O4Si2. The van der Waals surface area contributed by atoms with Crippen LogP contribution in [0.4, 0.5) is 0 Å². The molecule has 0 aliphatic heterocycles. The highest BCUT2D eigenvalue weighted by atomic mass is 28.4. The maximum Gasteiger partial charge on any atom is 0.370 e. The van der Waals surface area contributed by atoms with Gasteiger partial charge >= 0.3 is 17.1 Å². The molecule has 136 valence electrons. The molecule has 0 amide bonds. The zero-order chi connectivity index (χ0) is 17.8. The first-order chi connectivity index (χ1) is 11.1. The van der Waals surface area contributed by atoms with Crippen LogP contribution in [0.2, 0.25) is 5.16 Å². The van der Waals surface area contributed by atoms with Gasteiger partial charge in [-0.15, -0.1) is 0 Å². The molecular weight excluding hydrogens is 324 g/mol. The van der Waals surface area contributed by atoms with Crippen LogP contribution < -0.4 is 0 Å². The quantitative estimate of drug-likeness (QED) is 0.451. The Hall–Kier alpha value is -0.246. The number of hydrogen-bond donors (Lipinski definition) is 0. The van der Waals surface area contributed by atoms with Crippen LogP contribution in [0.25, 0.3) is 0 Å². The minimum atomic E-state index is -2.59. The van der Waals surface area contributed by atoms with Crippen LogP contribution in [0.3, 0.4) is 0 Å². The van der Waals surface area contributed by atoms with Gasteiger partial charge in [-0.2, -0.15) is 0 Å². The van der Waals surface area contributed by atoms with E-state index < -0.39 is 17.1 Å². The lowest BCUT2D eigenvalue weighted by molar-refractivity contribution is 0.159. The van der Waals surface area contributed by atoms with Crippen molar-refractivity contribution in [1.29, 1.82) is 0 Å². The minimum Gasteiger partial charge on any atom is -0.391 e. The van der Waals surface area contributed by atoms with Gasteiger partial charge in [0.05, 0.1) is 5.16 Å².